The molecule has 1 N–H and O–H groups in total. The van der Waals surface area contributed by atoms with Crippen LogP contribution in [0.1, 0.15) is 28.9 Å². The number of aromatic nitrogens is 1. The van der Waals surface area contributed by atoms with Crippen LogP contribution in [-0.2, 0) is 15.9 Å². The van der Waals surface area contributed by atoms with E-state index in [4.69, 9.17) is 14.2 Å². The van der Waals surface area contributed by atoms with Crippen LogP contribution in [0.2, 0.25) is 0 Å². The number of pyridine rings is 1. The van der Waals surface area contributed by atoms with Gasteiger partial charge in [0, 0.05) is 44.4 Å². The molecule has 2 aliphatic heterocycles. The fourth-order valence-corrected chi connectivity index (χ4v) is 3.91. The summed E-state index contributed by atoms with van der Waals surface area (Å²) < 4.78 is 16.9. The van der Waals surface area contributed by atoms with Crippen molar-refractivity contribution in [1.29, 1.82) is 0 Å². The van der Waals surface area contributed by atoms with Gasteiger partial charge in [-0.3, -0.25) is 9.78 Å². The Balaban J connectivity index is 1.33. The van der Waals surface area contributed by atoms with Gasteiger partial charge in [0.1, 0.15) is 11.4 Å². The first-order valence-corrected chi connectivity index (χ1v) is 10.1. The van der Waals surface area contributed by atoms with E-state index < -0.39 is 5.79 Å². The van der Waals surface area contributed by atoms with Crippen molar-refractivity contribution in [3.05, 3.63) is 53.9 Å². The number of amides is 1. The second kappa shape index (κ2) is 8.80. The molecule has 0 unspecified atom stereocenters. The van der Waals surface area contributed by atoms with Gasteiger partial charge in [0.05, 0.1) is 20.3 Å². The highest BCUT2D eigenvalue weighted by Crippen LogP contribution is 2.31. The van der Waals surface area contributed by atoms with E-state index >= 15 is 0 Å². The number of para-hydroxylation sites is 1. The summed E-state index contributed by atoms with van der Waals surface area (Å²) in [4.78, 5) is 19.0. The summed E-state index contributed by atoms with van der Waals surface area (Å²) in [5.74, 6) is 0.357. The largest absolute Gasteiger partial charge is 0.496 e. The predicted molar refractivity (Wildman–Crippen MR) is 109 cm³/mol. The summed E-state index contributed by atoms with van der Waals surface area (Å²) in [6.07, 6.45) is 3.91. The molecule has 3 heterocycles. The standard InChI is InChI=1S/C22H27N3O4/c1-27-20-5-3-2-4-17(20)6-10-23-18-7-11-24-19(16-18)21(26)25-12-8-22(9-13-25)28-14-15-29-22/h2-5,7,11,16H,6,8-10,12-15H2,1H3,(H,23,24). The van der Waals surface area contributed by atoms with Gasteiger partial charge in [0.15, 0.2) is 5.79 Å². The first kappa shape index (κ1) is 19.7. The van der Waals surface area contributed by atoms with Gasteiger partial charge in [0.2, 0.25) is 0 Å². The fourth-order valence-electron chi connectivity index (χ4n) is 3.91. The molecule has 1 aromatic heterocycles. The molecule has 1 amide bonds. The second-order valence-electron chi connectivity index (χ2n) is 7.32. The minimum absolute atomic E-state index is 0.0498. The van der Waals surface area contributed by atoms with Crippen molar-refractivity contribution in [2.75, 3.05) is 45.3 Å². The molecule has 0 saturated carbocycles. The van der Waals surface area contributed by atoms with Crippen molar-refractivity contribution in [2.45, 2.75) is 25.0 Å². The van der Waals surface area contributed by atoms with Gasteiger partial charge in [-0.2, -0.15) is 0 Å². The second-order valence-corrected chi connectivity index (χ2v) is 7.32. The molecule has 4 rings (SSSR count). The maximum Gasteiger partial charge on any atom is 0.272 e. The van der Waals surface area contributed by atoms with E-state index in [1.165, 1.54) is 0 Å². The average Bonchev–Trinajstić information content (AvgIpc) is 3.22. The van der Waals surface area contributed by atoms with Crippen LogP contribution < -0.4 is 10.1 Å². The number of carbonyl (C=O) groups is 1. The number of methoxy groups -OCH3 is 1. The van der Waals surface area contributed by atoms with Crippen molar-refractivity contribution < 1.29 is 19.0 Å². The first-order valence-electron chi connectivity index (χ1n) is 10.1. The lowest BCUT2D eigenvalue weighted by molar-refractivity contribution is -0.181. The normalized spacial score (nSPS) is 18.0. The number of anilines is 1. The van der Waals surface area contributed by atoms with E-state index in [0.29, 0.717) is 44.8 Å². The molecular weight excluding hydrogens is 370 g/mol. The van der Waals surface area contributed by atoms with E-state index in [1.807, 2.05) is 35.2 Å². The number of likely N-dealkylation sites (tertiary alicyclic amines) is 1. The van der Waals surface area contributed by atoms with Crippen molar-refractivity contribution in [1.82, 2.24) is 9.88 Å². The lowest BCUT2D eigenvalue weighted by Crippen LogP contribution is -2.47. The van der Waals surface area contributed by atoms with E-state index in [1.54, 1.807) is 13.3 Å². The summed E-state index contributed by atoms with van der Waals surface area (Å²) in [5.41, 5.74) is 2.48. The Morgan fingerprint density at radius 2 is 1.97 bits per heavy atom. The van der Waals surface area contributed by atoms with Crippen molar-refractivity contribution in [3.8, 4) is 5.75 Å². The SMILES string of the molecule is COc1ccccc1CCNc1ccnc(C(=O)N2CCC3(CC2)OCCO3)c1. The molecule has 0 radical (unpaired) electrons. The summed E-state index contributed by atoms with van der Waals surface area (Å²) in [6, 6.07) is 11.7. The molecule has 1 spiro atoms. The van der Waals surface area contributed by atoms with Gasteiger partial charge in [-0.1, -0.05) is 18.2 Å². The third-order valence-corrected chi connectivity index (χ3v) is 5.52. The molecule has 7 heteroatoms. The van der Waals surface area contributed by atoms with Crippen LogP contribution in [0.4, 0.5) is 5.69 Å². The highest BCUT2D eigenvalue weighted by Gasteiger charge is 2.41. The summed E-state index contributed by atoms with van der Waals surface area (Å²) in [6.45, 7) is 3.24. The van der Waals surface area contributed by atoms with Gasteiger partial charge < -0.3 is 24.4 Å². The molecule has 7 nitrogen and oxygen atoms in total. The minimum atomic E-state index is -0.480. The molecule has 2 aromatic rings. The third kappa shape index (κ3) is 4.52. The fraction of sp³-hybridized carbons (Fsp3) is 0.455. The molecule has 2 saturated heterocycles. The number of hydrogen-bond acceptors (Lipinski definition) is 6. The molecule has 0 aliphatic carbocycles. The van der Waals surface area contributed by atoms with Gasteiger partial charge in [-0.15, -0.1) is 0 Å². The van der Waals surface area contributed by atoms with E-state index in [-0.39, 0.29) is 5.91 Å². The van der Waals surface area contributed by atoms with Crippen LogP contribution in [0.5, 0.6) is 5.75 Å². The first-order chi connectivity index (χ1) is 14.2. The predicted octanol–water partition coefficient (Wildman–Crippen LogP) is 2.72. The summed E-state index contributed by atoms with van der Waals surface area (Å²) in [7, 11) is 1.68. The molecule has 0 bridgehead atoms. The number of benzene rings is 1. The zero-order chi connectivity index (χ0) is 20.1. The Hall–Kier alpha value is -2.64. The number of hydrogen-bond donors (Lipinski definition) is 1. The minimum Gasteiger partial charge on any atom is -0.496 e. The molecule has 29 heavy (non-hydrogen) atoms. The lowest BCUT2D eigenvalue weighted by Gasteiger charge is -2.37. The van der Waals surface area contributed by atoms with Crippen LogP contribution in [0.3, 0.4) is 0 Å². The van der Waals surface area contributed by atoms with Gasteiger partial charge in [0.25, 0.3) is 5.91 Å². The van der Waals surface area contributed by atoms with E-state index in [2.05, 4.69) is 16.4 Å². The third-order valence-electron chi connectivity index (χ3n) is 5.52. The molecule has 0 atom stereocenters. The van der Waals surface area contributed by atoms with Crippen LogP contribution in [0.25, 0.3) is 0 Å². The smallest absolute Gasteiger partial charge is 0.272 e. The van der Waals surface area contributed by atoms with Crippen LogP contribution in [0, 0.1) is 0 Å². The Morgan fingerprint density at radius 1 is 1.21 bits per heavy atom. The zero-order valence-electron chi connectivity index (χ0n) is 16.7. The van der Waals surface area contributed by atoms with Crippen LogP contribution in [0.15, 0.2) is 42.6 Å². The lowest BCUT2D eigenvalue weighted by atomic mass is 10.0. The number of nitrogens with zero attached hydrogens (tertiary/aromatic N) is 2. The molecular formula is C22H27N3O4. The number of ether oxygens (including phenoxy) is 3. The van der Waals surface area contributed by atoms with Gasteiger partial charge in [-0.25, -0.2) is 0 Å². The monoisotopic (exact) mass is 397 g/mol. The Bertz CT molecular complexity index is 841. The van der Waals surface area contributed by atoms with Crippen molar-refractivity contribution in [3.63, 3.8) is 0 Å². The topological polar surface area (TPSA) is 72.9 Å². The van der Waals surface area contributed by atoms with Gasteiger partial charge in [-0.05, 0) is 30.2 Å². The van der Waals surface area contributed by atoms with E-state index in [9.17, 15) is 4.79 Å². The number of carbonyl (C=O) groups excluding carboxylic acids is 1. The molecule has 2 fully saturated rings. The Morgan fingerprint density at radius 3 is 2.72 bits per heavy atom. The van der Waals surface area contributed by atoms with Crippen molar-refractivity contribution >= 4 is 11.6 Å². The maximum atomic E-state index is 12.9. The molecule has 1 aromatic carbocycles. The van der Waals surface area contributed by atoms with Crippen LogP contribution in [-0.4, -0.2) is 61.5 Å². The highest BCUT2D eigenvalue weighted by atomic mass is 16.7. The Kier molecular flexibility index (Phi) is 5.97. The maximum absolute atomic E-state index is 12.9. The van der Waals surface area contributed by atoms with E-state index in [0.717, 1.165) is 30.0 Å². The zero-order valence-corrected chi connectivity index (χ0v) is 16.7. The van der Waals surface area contributed by atoms with Crippen molar-refractivity contribution in [2.24, 2.45) is 0 Å². The average molecular weight is 397 g/mol. The number of nitrogens with one attached hydrogen (secondary N) is 1. The Labute approximate surface area is 171 Å². The van der Waals surface area contributed by atoms with Gasteiger partial charge >= 0.3 is 0 Å². The molecule has 2 aliphatic rings. The quantitative estimate of drug-likeness (QED) is 0.808. The summed E-state index contributed by atoms with van der Waals surface area (Å²) in [5, 5.41) is 3.38. The van der Waals surface area contributed by atoms with Crippen LogP contribution >= 0.6 is 0 Å². The highest BCUT2D eigenvalue weighted by molar-refractivity contribution is 5.93. The number of piperidine rings is 1. The number of rotatable bonds is 6. The summed E-state index contributed by atoms with van der Waals surface area (Å²) >= 11 is 0. The molecule has 154 valence electrons.